The Labute approximate surface area is 118 Å². The van der Waals surface area contributed by atoms with Crippen molar-refractivity contribution in [2.45, 2.75) is 19.3 Å². The van der Waals surface area contributed by atoms with Gasteiger partial charge in [0.2, 0.25) is 0 Å². The van der Waals surface area contributed by atoms with Crippen molar-refractivity contribution >= 4 is 17.2 Å². The Hall–Kier alpha value is -0.910. The minimum Gasteiger partial charge on any atom is -0.396 e. The molecule has 2 rings (SSSR count). The molecule has 1 aromatic rings. The van der Waals surface area contributed by atoms with E-state index in [9.17, 15) is 4.79 Å². The van der Waals surface area contributed by atoms with Crippen LogP contribution in [0.5, 0.6) is 0 Å². The second kappa shape index (κ2) is 7.62. The Balaban J connectivity index is 1.81. The zero-order valence-electron chi connectivity index (χ0n) is 11.3. The fraction of sp³-hybridized carbons (Fsp3) is 0.643. The summed E-state index contributed by atoms with van der Waals surface area (Å²) in [6.07, 6.45) is 2.94. The topological polar surface area (TPSA) is 43.8 Å². The number of aliphatic hydroxyl groups excluding tert-OH is 1. The van der Waals surface area contributed by atoms with Crippen molar-refractivity contribution in [2.75, 3.05) is 39.3 Å². The highest BCUT2D eigenvalue weighted by Crippen LogP contribution is 2.14. The molecule has 1 saturated heterocycles. The zero-order valence-corrected chi connectivity index (χ0v) is 12.1. The molecule has 0 aliphatic carbocycles. The van der Waals surface area contributed by atoms with Crippen molar-refractivity contribution in [3.63, 3.8) is 0 Å². The number of thiophene rings is 1. The van der Waals surface area contributed by atoms with Crippen LogP contribution < -0.4 is 0 Å². The van der Waals surface area contributed by atoms with E-state index in [-0.39, 0.29) is 12.5 Å². The SMILES string of the molecule is O=C(c1cccs1)N1CCCN(CCCCO)CC1. The average Bonchev–Trinajstić information content (AvgIpc) is 2.85. The van der Waals surface area contributed by atoms with E-state index in [1.54, 1.807) is 0 Å². The second-order valence-electron chi connectivity index (χ2n) is 4.90. The maximum Gasteiger partial charge on any atom is 0.263 e. The maximum atomic E-state index is 12.3. The third kappa shape index (κ3) is 4.30. The highest BCUT2D eigenvalue weighted by atomic mass is 32.1. The van der Waals surface area contributed by atoms with Crippen LogP contribution in [0.3, 0.4) is 0 Å². The predicted molar refractivity (Wildman–Crippen MR) is 77.6 cm³/mol. The van der Waals surface area contributed by atoms with Gasteiger partial charge in [0.05, 0.1) is 4.88 Å². The lowest BCUT2D eigenvalue weighted by Gasteiger charge is -2.21. The summed E-state index contributed by atoms with van der Waals surface area (Å²) in [5.41, 5.74) is 0. The summed E-state index contributed by atoms with van der Waals surface area (Å²) < 4.78 is 0. The molecular weight excluding hydrogens is 260 g/mol. The summed E-state index contributed by atoms with van der Waals surface area (Å²) in [7, 11) is 0. The first-order chi connectivity index (χ1) is 9.31. The summed E-state index contributed by atoms with van der Waals surface area (Å²) in [5.74, 6) is 0.173. The molecule has 1 fully saturated rings. The van der Waals surface area contributed by atoms with Crippen LogP contribution in [0.2, 0.25) is 0 Å². The fourth-order valence-electron chi connectivity index (χ4n) is 2.40. The number of amides is 1. The summed E-state index contributed by atoms with van der Waals surface area (Å²) in [6, 6.07) is 3.83. The van der Waals surface area contributed by atoms with Crippen LogP contribution in [-0.2, 0) is 0 Å². The van der Waals surface area contributed by atoms with E-state index in [4.69, 9.17) is 5.11 Å². The van der Waals surface area contributed by atoms with Gasteiger partial charge in [0, 0.05) is 26.2 Å². The number of aliphatic hydroxyl groups is 1. The van der Waals surface area contributed by atoms with Gasteiger partial charge in [0.25, 0.3) is 5.91 Å². The molecule has 19 heavy (non-hydrogen) atoms. The van der Waals surface area contributed by atoms with E-state index in [2.05, 4.69) is 4.90 Å². The number of hydrogen-bond acceptors (Lipinski definition) is 4. The molecule has 0 spiro atoms. The molecule has 0 atom stereocenters. The van der Waals surface area contributed by atoms with E-state index in [1.807, 2.05) is 22.4 Å². The number of nitrogens with zero attached hydrogens (tertiary/aromatic N) is 2. The van der Waals surface area contributed by atoms with Crippen molar-refractivity contribution in [3.05, 3.63) is 22.4 Å². The standard InChI is InChI=1S/C14H22N2O2S/c17-11-2-1-6-15-7-4-8-16(10-9-15)14(18)13-5-3-12-19-13/h3,5,12,17H,1-2,4,6-11H2. The molecule has 1 amide bonds. The van der Waals surface area contributed by atoms with Gasteiger partial charge in [0.15, 0.2) is 0 Å². The second-order valence-corrected chi connectivity index (χ2v) is 5.84. The van der Waals surface area contributed by atoms with Gasteiger partial charge in [-0.15, -0.1) is 11.3 Å². The molecule has 0 radical (unpaired) electrons. The normalized spacial score (nSPS) is 17.4. The van der Waals surface area contributed by atoms with Gasteiger partial charge in [-0.2, -0.15) is 0 Å². The Morgan fingerprint density at radius 3 is 2.89 bits per heavy atom. The van der Waals surface area contributed by atoms with Crippen LogP contribution in [0.1, 0.15) is 28.9 Å². The number of rotatable bonds is 5. The largest absolute Gasteiger partial charge is 0.396 e. The van der Waals surface area contributed by atoms with E-state index in [0.29, 0.717) is 0 Å². The summed E-state index contributed by atoms with van der Waals surface area (Å²) in [6.45, 7) is 4.98. The molecule has 106 valence electrons. The summed E-state index contributed by atoms with van der Waals surface area (Å²) in [5, 5.41) is 10.8. The van der Waals surface area contributed by atoms with Crippen LogP contribution in [0.4, 0.5) is 0 Å². The van der Waals surface area contributed by atoms with Crippen molar-refractivity contribution in [1.29, 1.82) is 0 Å². The first-order valence-corrected chi connectivity index (χ1v) is 7.85. The Bertz CT molecular complexity index is 381. The minimum atomic E-state index is 0.173. The Morgan fingerprint density at radius 1 is 1.26 bits per heavy atom. The lowest BCUT2D eigenvalue weighted by Crippen LogP contribution is -2.35. The van der Waals surface area contributed by atoms with Crippen molar-refractivity contribution < 1.29 is 9.90 Å². The van der Waals surface area contributed by atoms with E-state index in [1.165, 1.54) is 11.3 Å². The van der Waals surface area contributed by atoms with Crippen LogP contribution in [-0.4, -0.2) is 60.1 Å². The molecule has 1 aliphatic heterocycles. The van der Waals surface area contributed by atoms with E-state index >= 15 is 0 Å². The lowest BCUT2D eigenvalue weighted by atomic mass is 10.3. The van der Waals surface area contributed by atoms with Crippen molar-refractivity contribution in [2.24, 2.45) is 0 Å². The highest BCUT2D eigenvalue weighted by molar-refractivity contribution is 7.12. The Kier molecular flexibility index (Phi) is 5.82. The van der Waals surface area contributed by atoms with Crippen molar-refractivity contribution in [3.8, 4) is 0 Å². The molecule has 0 saturated carbocycles. The summed E-state index contributed by atoms with van der Waals surface area (Å²) in [4.78, 5) is 17.5. The molecule has 1 aromatic heterocycles. The molecule has 1 aliphatic rings. The third-order valence-electron chi connectivity index (χ3n) is 3.49. The van der Waals surface area contributed by atoms with Crippen LogP contribution in [0.15, 0.2) is 17.5 Å². The quantitative estimate of drug-likeness (QED) is 0.836. The van der Waals surface area contributed by atoms with Gasteiger partial charge in [-0.05, 0) is 43.8 Å². The number of unbranched alkanes of at least 4 members (excludes halogenated alkanes) is 1. The van der Waals surface area contributed by atoms with Gasteiger partial charge in [-0.3, -0.25) is 4.79 Å². The Morgan fingerprint density at radius 2 is 2.16 bits per heavy atom. The van der Waals surface area contributed by atoms with Crippen LogP contribution >= 0.6 is 11.3 Å². The number of hydrogen-bond donors (Lipinski definition) is 1. The maximum absolute atomic E-state index is 12.3. The summed E-state index contributed by atoms with van der Waals surface area (Å²) >= 11 is 1.52. The highest BCUT2D eigenvalue weighted by Gasteiger charge is 2.20. The molecular formula is C14H22N2O2S. The van der Waals surface area contributed by atoms with Crippen LogP contribution in [0, 0.1) is 0 Å². The molecule has 0 aromatic carbocycles. The molecule has 0 bridgehead atoms. The van der Waals surface area contributed by atoms with E-state index in [0.717, 1.165) is 56.9 Å². The molecule has 0 unspecified atom stereocenters. The average molecular weight is 282 g/mol. The van der Waals surface area contributed by atoms with Gasteiger partial charge in [-0.25, -0.2) is 0 Å². The molecule has 5 heteroatoms. The smallest absolute Gasteiger partial charge is 0.263 e. The van der Waals surface area contributed by atoms with Gasteiger partial charge >= 0.3 is 0 Å². The lowest BCUT2D eigenvalue weighted by molar-refractivity contribution is 0.0766. The van der Waals surface area contributed by atoms with Gasteiger partial charge < -0.3 is 14.9 Å². The molecule has 4 nitrogen and oxygen atoms in total. The van der Waals surface area contributed by atoms with Gasteiger partial charge in [0.1, 0.15) is 0 Å². The molecule has 1 N–H and O–H groups in total. The zero-order chi connectivity index (χ0) is 13.5. The monoisotopic (exact) mass is 282 g/mol. The van der Waals surface area contributed by atoms with Crippen molar-refractivity contribution in [1.82, 2.24) is 9.80 Å². The third-order valence-corrected chi connectivity index (χ3v) is 4.35. The number of carbonyl (C=O) groups is 1. The number of carbonyl (C=O) groups excluding carboxylic acids is 1. The fourth-order valence-corrected chi connectivity index (χ4v) is 3.09. The first kappa shape index (κ1) is 14.5. The van der Waals surface area contributed by atoms with Gasteiger partial charge in [-0.1, -0.05) is 6.07 Å². The van der Waals surface area contributed by atoms with E-state index < -0.39 is 0 Å². The minimum absolute atomic E-state index is 0.173. The molecule has 2 heterocycles. The first-order valence-electron chi connectivity index (χ1n) is 6.97. The van der Waals surface area contributed by atoms with Crippen LogP contribution in [0.25, 0.3) is 0 Å². The predicted octanol–water partition coefficient (Wildman–Crippen LogP) is 1.67.